The van der Waals surface area contributed by atoms with Crippen molar-refractivity contribution >= 4 is 28.6 Å². The van der Waals surface area contributed by atoms with Crippen molar-refractivity contribution in [2.24, 2.45) is 0 Å². The first kappa shape index (κ1) is 22.8. The van der Waals surface area contributed by atoms with E-state index < -0.39 is 18.0 Å². The summed E-state index contributed by atoms with van der Waals surface area (Å²) in [6.45, 7) is 3.50. The van der Waals surface area contributed by atoms with Crippen LogP contribution in [0.1, 0.15) is 24.2 Å². The van der Waals surface area contributed by atoms with E-state index in [2.05, 4.69) is 15.4 Å². The second-order valence-corrected chi connectivity index (χ2v) is 7.33. The number of para-hydroxylation sites is 1. The number of benzene rings is 2. The molecule has 2 aromatic heterocycles. The highest BCUT2D eigenvalue weighted by molar-refractivity contribution is 6.01. The quantitative estimate of drug-likeness (QED) is 0.396. The number of ether oxygens (including phenoxy) is 3. The number of amides is 1. The molecular weight excluding hydrogens is 436 g/mol. The van der Waals surface area contributed by atoms with Crippen LogP contribution in [0.3, 0.4) is 0 Å². The molecule has 0 aliphatic rings. The third kappa shape index (κ3) is 4.83. The molecule has 0 aliphatic heterocycles. The molecule has 1 atom stereocenters. The molecule has 1 unspecified atom stereocenters. The Morgan fingerprint density at radius 1 is 1.03 bits per heavy atom. The van der Waals surface area contributed by atoms with Crippen LogP contribution in [0.4, 0.5) is 5.82 Å². The molecule has 174 valence electrons. The summed E-state index contributed by atoms with van der Waals surface area (Å²) in [4.78, 5) is 30.1. The third-order valence-electron chi connectivity index (χ3n) is 5.05. The zero-order chi connectivity index (χ0) is 24.1. The van der Waals surface area contributed by atoms with E-state index in [0.717, 1.165) is 10.9 Å². The molecule has 0 radical (unpaired) electrons. The Morgan fingerprint density at radius 3 is 2.50 bits per heavy atom. The van der Waals surface area contributed by atoms with Gasteiger partial charge in [0, 0.05) is 5.39 Å². The molecule has 4 rings (SSSR count). The third-order valence-corrected chi connectivity index (χ3v) is 5.05. The number of aromatic nitrogens is 3. The van der Waals surface area contributed by atoms with Crippen molar-refractivity contribution in [3.8, 4) is 17.3 Å². The first-order chi connectivity index (χ1) is 16.5. The van der Waals surface area contributed by atoms with Gasteiger partial charge in [-0.3, -0.25) is 4.79 Å². The van der Waals surface area contributed by atoms with E-state index in [4.69, 9.17) is 14.2 Å². The number of methoxy groups -OCH3 is 1. The molecular formula is C25H24N4O5. The van der Waals surface area contributed by atoms with Gasteiger partial charge in [0.15, 0.2) is 17.7 Å². The van der Waals surface area contributed by atoms with Gasteiger partial charge in [0.25, 0.3) is 5.91 Å². The minimum atomic E-state index is -0.864. The molecule has 9 heteroatoms. The van der Waals surface area contributed by atoms with E-state index in [0.29, 0.717) is 17.3 Å². The van der Waals surface area contributed by atoms with Crippen molar-refractivity contribution in [3.05, 3.63) is 72.4 Å². The lowest BCUT2D eigenvalue weighted by atomic mass is 10.2. The lowest BCUT2D eigenvalue weighted by Gasteiger charge is -2.16. The fourth-order valence-electron chi connectivity index (χ4n) is 3.30. The Labute approximate surface area is 196 Å². The Balaban J connectivity index is 1.63. The predicted octanol–water partition coefficient (Wildman–Crippen LogP) is 4.01. The molecule has 1 amide bonds. The molecule has 0 fully saturated rings. The van der Waals surface area contributed by atoms with Gasteiger partial charge in [0.1, 0.15) is 17.1 Å². The van der Waals surface area contributed by atoms with Crippen LogP contribution >= 0.6 is 0 Å². The van der Waals surface area contributed by atoms with Crippen molar-refractivity contribution in [2.45, 2.75) is 20.0 Å². The molecule has 0 saturated heterocycles. The minimum Gasteiger partial charge on any atom is -0.497 e. The maximum absolute atomic E-state index is 13.0. The van der Waals surface area contributed by atoms with E-state index in [1.54, 1.807) is 51.3 Å². The molecule has 0 saturated carbocycles. The van der Waals surface area contributed by atoms with Gasteiger partial charge in [-0.15, -0.1) is 0 Å². The van der Waals surface area contributed by atoms with Crippen molar-refractivity contribution in [1.29, 1.82) is 0 Å². The van der Waals surface area contributed by atoms with Gasteiger partial charge in [-0.2, -0.15) is 9.78 Å². The standard InChI is InChI=1S/C25H24N4O5/c1-4-33-25(31)20-15-26-29(22-14-9-17-7-5-6-8-21(17)27-22)23(20)28-24(30)16(2)34-19-12-10-18(32-3)11-13-19/h5-16H,4H2,1-3H3,(H,28,30). The van der Waals surface area contributed by atoms with Crippen molar-refractivity contribution < 1.29 is 23.8 Å². The van der Waals surface area contributed by atoms with Crippen LogP contribution in [-0.2, 0) is 9.53 Å². The number of nitrogens with one attached hydrogen (secondary N) is 1. The smallest absolute Gasteiger partial charge is 0.343 e. The lowest BCUT2D eigenvalue weighted by molar-refractivity contribution is -0.122. The molecule has 2 aromatic carbocycles. The van der Waals surface area contributed by atoms with Crippen LogP contribution in [-0.4, -0.2) is 46.5 Å². The van der Waals surface area contributed by atoms with Crippen molar-refractivity contribution in [1.82, 2.24) is 14.8 Å². The van der Waals surface area contributed by atoms with Gasteiger partial charge in [-0.25, -0.2) is 9.78 Å². The maximum Gasteiger partial charge on any atom is 0.343 e. The first-order valence-corrected chi connectivity index (χ1v) is 10.7. The number of esters is 1. The number of nitrogens with zero attached hydrogens (tertiary/aromatic N) is 3. The predicted molar refractivity (Wildman–Crippen MR) is 127 cm³/mol. The van der Waals surface area contributed by atoms with Crippen LogP contribution in [0.15, 0.2) is 66.9 Å². The fraction of sp³-hybridized carbons (Fsp3) is 0.200. The molecule has 1 N–H and O–H groups in total. The summed E-state index contributed by atoms with van der Waals surface area (Å²) < 4.78 is 17.4. The van der Waals surface area contributed by atoms with E-state index >= 15 is 0 Å². The van der Waals surface area contributed by atoms with E-state index in [1.165, 1.54) is 10.9 Å². The minimum absolute atomic E-state index is 0.113. The van der Waals surface area contributed by atoms with Gasteiger partial charge in [-0.1, -0.05) is 18.2 Å². The highest BCUT2D eigenvalue weighted by Crippen LogP contribution is 2.23. The lowest BCUT2D eigenvalue weighted by Crippen LogP contribution is -2.31. The summed E-state index contributed by atoms with van der Waals surface area (Å²) in [6.07, 6.45) is 0.482. The molecule has 0 aliphatic carbocycles. The Hall–Kier alpha value is -4.40. The van der Waals surface area contributed by atoms with E-state index in [1.807, 2.05) is 30.3 Å². The largest absolute Gasteiger partial charge is 0.497 e. The molecule has 0 bridgehead atoms. The second kappa shape index (κ2) is 10.0. The zero-order valence-corrected chi connectivity index (χ0v) is 19.0. The molecule has 34 heavy (non-hydrogen) atoms. The van der Waals surface area contributed by atoms with Crippen LogP contribution in [0.5, 0.6) is 11.5 Å². The highest BCUT2D eigenvalue weighted by Gasteiger charge is 2.25. The van der Waals surface area contributed by atoms with Crippen LogP contribution in [0.2, 0.25) is 0 Å². The number of fused-ring (bicyclic) bond motifs is 1. The average Bonchev–Trinajstić information content (AvgIpc) is 3.27. The SMILES string of the molecule is CCOC(=O)c1cnn(-c2ccc3ccccc3n2)c1NC(=O)C(C)Oc1ccc(OC)cc1. The summed E-state index contributed by atoms with van der Waals surface area (Å²) >= 11 is 0. The normalized spacial score (nSPS) is 11.6. The Kier molecular flexibility index (Phi) is 6.72. The summed E-state index contributed by atoms with van der Waals surface area (Å²) in [5, 5.41) is 8.01. The Morgan fingerprint density at radius 2 is 1.76 bits per heavy atom. The van der Waals surface area contributed by atoms with Crippen LogP contribution in [0.25, 0.3) is 16.7 Å². The number of carbonyl (C=O) groups is 2. The van der Waals surface area contributed by atoms with Gasteiger partial charge in [0.05, 0.1) is 25.4 Å². The molecule has 4 aromatic rings. The summed E-state index contributed by atoms with van der Waals surface area (Å²) in [5.41, 5.74) is 0.864. The maximum atomic E-state index is 13.0. The van der Waals surface area contributed by atoms with Gasteiger partial charge in [-0.05, 0) is 56.3 Å². The number of hydrogen-bond acceptors (Lipinski definition) is 7. The Bertz CT molecular complexity index is 1320. The molecule has 9 nitrogen and oxygen atoms in total. The number of carbonyl (C=O) groups excluding carboxylic acids is 2. The van der Waals surface area contributed by atoms with Gasteiger partial charge < -0.3 is 19.5 Å². The van der Waals surface area contributed by atoms with E-state index in [-0.39, 0.29) is 18.0 Å². The van der Waals surface area contributed by atoms with Gasteiger partial charge >= 0.3 is 5.97 Å². The monoisotopic (exact) mass is 460 g/mol. The fourth-order valence-corrected chi connectivity index (χ4v) is 3.30. The first-order valence-electron chi connectivity index (χ1n) is 10.7. The van der Waals surface area contributed by atoms with Crippen LogP contribution < -0.4 is 14.8 Å². The van der Waals surface area contributed by atoms with E-state index in [9.17, 15) is 9.59 Å². The summed E-state index contributed by atoms with van der Waals surface area (Å²) in [6, 6.07) is 18.2. The van der Waals surface area contributed by atoms with Crippen LogP contribution in [0, 0.1) is 0 Å². The second-order valence-electron chi connectivity index (χ2n) is 7.33. The van der Waals surface area contributed by atoms with Gasteiger partial charge in [0.2, 0.25) is 0 Å². The number of anilines is 1. The highest BCUT2D eigenvalue weighted by atomic mass is 16.5. The summed E-state index contributed by atoms with van der Waals surface area (Å²) in [7, 11) is 1.57. The number of pyridine rings is 1. The van der Waals surface area contributed by atoms with Crippen molar-refractivity contribution in [2.75, 3.05) is 19.0 Å². The molecule has 0 spiro atoms. The van der Waals surface area contributed by atoms with Crippen molar-refractivity contribution in [3.63, 3.8) is 0 Å². The number of rotatable bonds is 8. The summed E-state index contributed by atoms with van der Waals surface area (Å²) in [5.74, 6) is 0.691. The topological polar surface area (TPSA) is 105 Å². The zero-order valence-electron chi connectivity index (χ0n) is 19.0. The molecule has 2 heterocycles. The number of hydrogen-bond donors (Lipinski definition) is 1. The average molecular weight is 460 g/mol.